The van der Waals surface area contributed by atoms with E-state index in [-0.39, 0.29) is 5.75 Å². The van der Waals surface area contributed by atoms with Crippen LogP contribution in [0.5, 0.6) is 5.75 Å². The van der Waals surface area contributed by atoms with E-state index in [1.165, 1.54) is 6.07 Å². The fourth-order valence-corrected chi connectivity index (χ4v) is 1.84. The van der Waals surface area contributed by atoms with Gasteiger partial charge < -0.3 is 5.11 Å². The number of phenols is 1. The molecule has 0 spiro atoms. The van der Waals surface area contributed by atoms with Gasteiger partial charge in [0.15, 0.2) is 5.92 Å². The van der Waals surface area contributed by atoms with Gasteiger partial charge in [-0.15, -0.1) is 0 Å². The summed E-state index contributed by atoms with van der Waals surface area (Å²) in [6.07, 6.45) is 0. The van der Waals surface area contributed by atoms with Gasteiger partial charge in [0, 0.05) is 0 Å². The smallest absolute Gasteiger partial charge is 0.159 e. The Kier molecular flexibility index (Phi) is 3.27. The van der Waals surface area contributed by atoms with Crippen LogP contribution in [0.3, 0.4) is 0 Å². The van der Waals surface area contributed by atoms with Crippen LogP contribution in [-0.2, 0) is 0 Å². The molecule has 0 aliphatic rings. The monoisotopic (exact) mass is 234 g/mol. The van der Waals surface area contributed by atoms with Crippen molar-refractivity contribution >= 4 is 0 Å². The zero-order chi connectivity index (χ0) is 13.0. The van der Waals surface area contributed by atoms with Crippen molar-refractivity contribution < 1.29 is 5.11 Å². The van der Waals surface area contributed by atoms with Crippen molar-refractivity contribution in [1.82, 2.24) is 0 Å². The van der Waals surface area contributed by atoms with Gasteiger partial charge in [-0.25, -0.2) is 0 Å². The van der Waals surface area contributed by atoms with Crippen molar-refractivity contribution in [3.63, 3.8) is 0 Å². The van der Waals surface area contributed by atoms with Crippen LogP contribution in [0.15, 0.2) is 48.5 Å². The summed E-state index contributed by atoms with van der Waals surface area (Å²) in [4.78, 5) is 0. The first kappa shape index (κ1) is 11.7. The highest BCUT2D eigenvalue weighted by atomic mass is 16.3. The molecule has 3 nitrogen and oxygen atoms in total. The molecule has 18 heavy (non-hydrogen) atoms. The third-order valence-corrected chi connectivity index (χ3v) is 2.69. The SMILES string of the molecule is N#CC(C#N)c1cc(O)ccc1-c1ccccc1. The number of hydrogen-bond acceptors (Lipinski definition) is 3. The molecule has 0 aliphatic heterocycles. The molecule has 0 heterocycles. The Morgan fingerprint density at radius 2 is 1.61 bits per heavy atom. The zero-order valence-electron chi connectivity index (χ0n) is 9.54. The lowest BCUT2D eigenvalue weighted by molar-refractivity contribution is 0.474. The third-order valence-electron chi connectivity index (χ3n) is 2.69. The van der Waals surface area contributed by atoms with Crippen molar-refractivity contribution in [2.24, 2.45) is 0 Å². The van der Waals surface area contributed by atoms with E-state index in [1.54, 1.807) is 12.1 Å². The molecule has 1 N–H and O–H groups in total. The number of rotatable bonds is 2. The second-order valence-corrected chi connectivity index (χ2v) is 3.83. The van der Waals surface area contributed by atoms with Crippen LogP contribution in [0.25, 0.3) is 11.1 Å². The maximum atomic E-state index is 9.51. The fourth-order valence-electron chi connectivity index (χ4n) is 1.84. The van der Waals surface area contributed by atoms with Gasteiger partial charge >= 0.3 is 0 Å². The predicted molar refractivity (Wildman–Crippen MR) is 67.5 cm³/mol. The van der Waals surface area contributed by atoms with Crippen LogP contribution in [0.4, 0.5) is 0 Å². The minimum Gasteiger partial charge on any atom is -0.508 e. The van der Waals surface area contributed by atoms with Crippen molar-refractivity contribution in [2.75, 3.05) is 0 Å². The van der Waals surface area contributed by atoms with Crippen LogP contribution >= 0.6 is 0 Å². The minimum absolute atomic E-state index is 0.0557. The molecule has 0 saturated carbocycles. The molecule has 0 radical (unpaired) electrons. The van der Waals surface area contributed by atoms with Crippen LogP contribution in [0.1, 0.15) is 11.5 Å². The Balaban J connectivity index is 2.63. The highest BCUT2D eigenvalue weighted by molar-refractivity contribution is 5.70. The van der Waals surface area contributed by atoms with Crippen molar-refractivity contribution in [2.45, 2.75) is 5.92 Å². The van der Waals surface area contributed by atoms with Crippen LogP contribution in [0.2, 0.25) is 0 Å². The molecule has 3 heteroatoms. The minimum atomic E-state index is -0.882. The van der Waals surface area contributed by atoms with Crippen LogP contribution < -0.4 is 0 Å². The first-order valence-electron chi connectivity index (χ1n) is 5.44. The Labute approximate surface area is 105 Å². The molecule has 0 saturated heterocycles. The molecular formula is C15H10N2O. The van der Waals surface area contributed by atoms with E-state index in [4.69, 9.17) is 10.5 Å². The van der Waals surface area contributed by atoms with E-state index in [1.807, 2.05) is 42.5 Å². The standard InChI is InChI=1S/C15H10N2O/c16-9-12(10-17)15-8-13(18)6-7-14(15)11-4-2-1-3-5-11/h1-8,12,18H. The van der Waals surface area contributed by atoms with E-state index < -0.39 is 5.92 Å². The fraction of sp³-hybridized carbons (Fsp3) is 0.0667. The summed E-state index contributed by atoms with van der Waals surface area (Å²) in [7, 11) is 0. The normalized spacial score (nSPS) is 9.72. The lowest BCUT2D eigenvalue weighted by Crippen LogP contribution is -1.95. The predicted octanol–water partition coefficient (Wildman–Crippen LogP) is 3.19. The molecule has 0 atom stereocenters. The number of aromatic hydroxyl groups is 1. The molecule has 0 amide bonds. The lowest BCUT2D eigenvalue weighted by Gasteiger charge is -2.10. The summed E-state index contributed by atoms with van der Waals surface area (Å²) in [6.45, 7) is 0. The number of nitrogens with zero attached hydrogens (tertiary/aromatic N) is 2. The van der Waals surface area contributed by atoms with Crippen molar-refractivity contribution in [1.29, 1.82) is 10.5 Å². The largest absolute Gasteiger partial charge is 0.508 e. The number of hydrogen-bond donors (Lipinski definition) is 1. The maximum Gasteiger partial charge on any atom is 0.159 e. The molecule has 0 bridgehead atoms. The Morgan fingerprint density at radius 1 is 0.944 bits per heavy atom. The van der Waals surface area contributed by atoms with Gasteiger partial charge in [0.25, 0.3) is 0 Å². The van der Waals surface area contributed by atoms with E-state index in [2.05, 4.69) is 0 Å². The van der Waals surface area contributed by atoms with Gasteiger partial charge in [0.05, 0.1) is 12.1 Å². The highest BCUT2D eigenvalue weighted by Gasteiger charge is 2.15. The summed E-state index contributed by atoms with van der Waals surface area (Å²) in [5, 5.41) is 27.5. The van der Waals surface area contributed by atoms with Crippen molar-refractivity contribution in [3.8, 4) is 29.0 Å². The van der Waals surface area contributed by atoms with E-state index in [0.717, 1.165) is 11.1 Å². The summed E-state index contributed by atoms with van der Waals surface area (Å²) in [5.74, 6) is -0.826. The summed E-state index contributed by atoms with van der Waals surface area (Å²) in [5.41, 5.74) is 2.25. The number of benzene rings is 2. The maximum absolute atomic E-state index is 9.51. The summed E-state index contributed by atoms with van der Waals surface area (Å²) in [6, 6.07) is 18.1. The first-order chi connectivity index (χ1) is 8.76. The highest BCUT2D eigenvalue weighted by Crippen LogP contribution is 2.31. The molecule has 0 unspecified atom stereocenters. The van der Waals surface area contributed by atoms with Gasteiger partial charge in [-0.05, 0) is 28.8 Å². The Bertz CT molecular complexity index is 622. The molecule has 2 aromatic carbocycles. The molecule has 0 aromatic heterocycles. The van der Waals surface area contributed by atoms with Gasteiger partial charge in [-0.3, -0.25) is 0 Å². The average Bonchev–Trinajstić information content (AvgIpc) is 2.41. The van der Waals surface area contributed by atoms with Gasteiger partial charge in [-0.1, -0.05) is 36.4 Å². The summed E-state index contributed by atoms with van der Waals surface area (Å²) < 4.78 is 0. The molecule has 2 rings (SSSR count). The molecule has 2 aromatic rings. The van der Waals surface area contributed by atoms with E-state index >= 15 is 0 Å². The van der Waals surface area contributed by atoms with E-state index in [0.29, 0.717) is 5.56 Å². The zero-order valence-corrected chi connectivity index (χ0v) is 9.54. The van der Waals surface area contributed by atoms with Crippen LogP contribution in [-0.4, -0.2) is 5.11 Å². The molecule has 86 valence electrons. The second kappa shape index (κ2) is 5.03. The number of phenolic OH excluding ortho intramolecular Hbond substituents is 1. The Morgan fingerprint density at radius 3 is 2.22 bits per heavy atom. The number of nitriles is 2. The Hall–Kier alpha value is -2.78. The van der Waals surface area contributed by atoms with Gasteiger partial charge in [-0.2, -0.15) is 10.5 Å². The van der Waals surface area contributed by atoms with Gasteiger partial charge in [0.2, 0.25) is 0 Å². The molecule has 0 aliphatic carbocycles. The van der Waals surface area contributed by atoms with Gasteiger partial charge in [0.1, 0.15) is 5.75 Å². The average molecular weight is 234 g/mol. The van der Waals surface area contributed by atoms with Crippen molar-refractivity contribution in [3.05, 3.63) is 54.1 Å². The molecular weight excluding hydrogens is 224 g/mol. The first-order valence-corrected chi connectivity index (χ1v) is 5.44. The second-order valence-electron chi connectivity index (χ2n) is 3.83. The third kappa shape index (κ3) is 2.16. The topological polar surface area (TPSA) is 67.8 Å². The van der Waals surface area contributed by atoms with E-state index in [9.17, 15) is 5.11 Å². The van der Waals surface area contributed by atoms with Crippen LogP contribution in [0, 0.1) is 22.7 Å². The lowest BCUT2D eigenvalue weighted by atomic mass is 9.92. The molecule has 0 fully saturated rings. The summed E-state index contributed by atoms with van der Waals surface area (Å²) >= 11 is 0. The quantitative estimate of drug-likeness (QED) is 0.867.